The summed E-state index contributed by atoms with van der Waals surface area (Å²) in [7, 11) is 0. The average molecular weight is 226 g/mol. The van der Waals surface area contributed by atoms with E-state index in [0.717, 1.165) is 18.8 Å². The minimum absolute atomic E-state index is 0.0551. The summed E-state index contributed by atoms with van der Waals surface area (Å²) in [6, 6.07) is 0. The molecule has 0 bridgehead atoms. The fraction of sp³-hybridized carbons (Fsp3) is 1.00. The summed E-state index contributed by atoms with van der Waals surface area (Å²) in [6.45, 7) is 9.13. The molecule has 1 N–H and O–H groups in total. The summed E-state index contributed by atoms with van der Waals surface area (Å²) >= 11 is 0. The second-order valence-electron chi connectivity index (χ2n) is 7.15. The normalized spacial score (nSPS) is 22.3. The molecule has 1 fully saturated rings. The minimum Gasteiger partial charge on any atom is -0.393 e. The van der Waals surface area contributed by atoms with Crippen LogP contribution in [0.25, 0.3) is 0 Å². The van der Waals surface area contributed by atoms with E-state index in [9.17, 15) is 5.11 Å². The van der Waals surface area contributed by atoms with Crippen LogP contribution in [0.3, 0.4) is 0 Å². The van der Waals surface area contributed by atoms with Crippen LogP contribution >= 0.6 is 0 Å². The van der Waals surface area contributed by atoms with Gasteiger partial charge in [-0.05, 0) is 36.5 Å². The molecule has 0 spiro atoms. The third kappa shape index (κ3) is 5.89. The molecule has 0 aromatic carbocycles. The van der Waals surface area contributed by atoms with E-state index in [4.69, 9.17) is 0 Å². The average Bonchev–Trinajstić information content (AvgIpc) is 2.51. The predicted molar refractivity (Wildman–Crippen MR) is 70.4 cm³/mol. The van der Waals surface area contributed by atoms with Crippen LogP contribution in [0.2, 0.25) is 0 Å². The fourth-order valence-electron chi connectivity index (χ4n) is 3.32. The van der Waals surface area contributed by atoms with Crippen LogP contribution in [0.5, 0.6) is 0 Å². The van der Waals surface area contributed by atoms with Gasteiger partial charge in [-0.25, -0.2) is 0 Å². The smallest absolute Gasteiger partial charge is 0.0545 e. The summed E-state index contributed by atoms with van der Waals surface area (Å²) < 4.78 is 0. The van der Waals surface area contributed by atoms with Crippen LogP contribution in [-0.2, 0) is 0 Å². The quantitative estimate of drug-likeness (QED) is 0.737. The van der Waals surface area contributed by atoms with Gasteiger partial charge in [0.15, 0.2) is 0 Å². The van der Waals surface area contributed by atoms with Gasteiger partial charge >= 0.3 is 0 Å². The van der Waals surface area contributed by atoms with Crippen LogP contribution < -0.4 is 0 Å². The molecule has 1 rings (SSSR count). The zero-order valence-electron chi connectivity index (χ0n) is 11.6. The number of hydrogen-bond acceptors (Lipinski definition) is 1. The molecular formula is C15H30O. The lowest BCUT2D eigenvalue weighted by molar-refractivity contribution is 0.108. The molecule has 0 heterocycles. The molecule has 1 aliphatic rings. The van der Waals surface area contributed by atoms with Crippen LogP contribution in [0.1, 0.15) is 72.6 Å². The molecule has 0 saturated heterocycles. The van der Waals surface area contributed by atoms with Crippen LogP contribution in [0.4, 0.5) is 0 Å². The number of aliphatic hydroxyl groups excluding tert-OH is 1. The molecular weight excluding hydrogens is 196 g/mol. The maximum absolute atomic E-state index is 10.1. The van der Waals surface area contributed by atoms with Gasteiger partial charge < -0.3 is 5.11 Å². The first-order valence-corrected chi connectivity index (χ1v) is 7.05. The lowest BCUT2D eigenvalue weighted by atomic mass is 9.82. The first kappa shape index (κ1) is 14.0. The summed E-state index contributed by atoms with van der Waals surface area (Å²) in [4.78, 5) is 0. The van der Waals surface area contributed by atoms with E-state index < -0.39 is 0 Å². The summed E-state index contributed by atoms with van der Waals surface area (Å²) in [6.07, 6.45) is 8.68. The third-order valence-corrected chi connectivity index (χ3v) is 3.72. The van der Waals surface area contributed by atoms with Gasteiger partial charge in [-0.15, -0.1) is 0 Å². The van der Waals surface area contributed by atoms with Gasteiger partial charge in [0.2, 0.25) is 0 Å². The van der Waals surface area contributed by atoms with E-state index >= 15 is 0 Å². The number of hydrogen-bond donors (Lipinski definition) is 1. The molecule has 1 aliphatic carbocycles. The molecule has 0 aliphatic heterocycles. The van der Waals surface area contributed by atoms with E-state index in [2.05, 4.69) is 27.7 Å². The van der Waals surface area contributed by atoms with E-state index in [1.165, 1.54) is 32.1 Å². The van der Waals surface area contributed by atoms with Gasteiger partial charge in [-0.1, -0.05) is 53.4 Å². The monoisotopic (exact) mass is 226 g/mol. The van der Waals surface area contributed by atoms with Crippen LogP contribution in [0, 0.1) is 17.3 Å². The lowest BCUT2D eigenvalue weighted by Gasteiger charge is -2.25. The van der Waals surface area contributed by atoms with Gasteiger partial charge in [0, 0.05) is 0 Å². The maximum Gasteiger partial charge on any atom is 0.0545 e. The SMILES string of the molecule is CC(CC(O)CC1CCCC1)CC(C)(C)C. The standard InChI is InChI=1S/C15H30O/c1-12(11-15(2,3)4)9-14(16)10-13-7-5-6-8-13/h12-14,16H,5-11H2,1-4H3. The number of aliphatic hydroxyl groups is 1. The Kier molecular flexibility index (Phi) is 5.30. The Balaban J connectivity index is 2.19. The first-order valence-electron chi connectivity index (χ1n) is 7.05. The van der Waals surface area contributed by atoms with Crippen molar-refractivity contribution in [1.29, 1.82) is 0 Å². The first-order chi connectivity index (χ1) is 7.37. The molecule has 0 radical (unpaired) electrons. The van der Waals surface area contributed by atoms with Crippen molar-refractivity contribution in [1.82, 2.24) is 0 Å². The highest BCUT2D eigenvalue weighted by Gasteiger charge is 2.22. The maximum atomic E-state index is 10.1. The Morgan fingerprint density at radius 2 is 1.75 bits per heavy atom. The highest BCUT2D eigenvalue weighted by atomic mass is 16.3. The molecule has 96 valence electrons. The molecule has 16 heavy (non-hydrogen) atoms. The molecule has 0 aromatic heterocycles. The Morgan fingerprint density at radius 1 is 1.19 bits per heavy atom. The van der Waals surface area contributed by atoms with Gasteiger partial charge in [-0.2, -0.15) is 0 Å². The zero-order valence-corrected chi connectivity index (χ0v) is 11.6. The highest BCUT2D eigenvalue weighted by Crippen LogP contribution is 2.32. The van der Waals surface area contributed by atoms with Crippen molar-refractivity contribution in [3.8, 4) is 0 Å². The Labute approximate surface area is 102 Å². The predicted octanol–water partition coefficient (Wildman–Crippen LogP) is 4.39. The van der Waals surface area contributed by atoms with E-state index in [1.807, 2.05) is 0 Å². The van der Waals surface area contributed by atoms with Gasteiger partial charge in [-0.3, -0.25) is 0 Å². The number of rotatable bonds is 5. The van der Waals surface area contributed by atoms with Gasteiger partial charge in [0.05, 0.1) is 6.10 Å². The molecule has 0 amide bonds. The molecule has 2 unspecified atom stereocenters. The second-order valence-corrected chi connectivity index (χ2v) is 7.15. The topological polar surface area (TPSA) is 20.2 Å². The van der Waals surface area contributed by atoms with E-state index in [1.54, 1.807) is 0 Å². The minimum atomic E-state index is -0.0551. The highest BCUT2D eigenvalue weighted by molar-refractivity contribution is 4.74. The molecule has 0 aromatic rings. The molecule has 1 heteroatoms. The van der Waals surface area contributed by atoms with Crippen molar-refractivity contribution in [3.05, 3.63) is 0 Å². The molecule has 2 atom stereocenters. The summed E-state index contributed by atoms with van der Waals surface area (Å²) in [5.74, 6) is 1.47. The molecule has 1 nitrogen and oxygen atoms in total. The van der Waals surface area contributed by atoms with E-state index in [-0.39, 0.29) is 6.10 Å². The van der Waals surface area contributed by atoms with Gasteiger partial charge in [0.25, 0.3) is 0 Å². The largest absolute Gasteiger partial charge is 0.393 e. The zero-order chi connectivity index (χ0) is 12.2. The van der Waals surface area contributed by atoms with Crippen molar-refractivity contribution >= 4 is 0 Å². The van der Waals surface area contributed by atoms with Gasteiger partial charge in [0.1, 0.15) is 0 Å². The van der Waals surface area contributed by atoms with Crippen molar-refractivity contribution in [3.63, 3.8) is 0 Å². The second kappa shape index (κ2) is 6.05. The summed E-state index contributed by atoms with van der Waals surface area (Å²) in [5, 5.41) is 10.1. The lowest BCUT2D eigenvalue weighted by Crippen LogP contribution is -2.19. The Bertz CT molecular complexity index is 186. The van der Waals surface area contributed by atoms with Crippen molar-refractivity contribution in [2.24, 2.45) is 17.3 Å². The van der Waals surface area contributed by atoms with Crippen LogP contribution in [-0.4, -0.2) is 11.2 Å². The molecule has 1 saturated carbocycles. The summed E-state index contributed by atoms with van der Waals surface area (Å²) in [5.41, 5.74) is 0.395. The fourth-order valence-corrected chi connectivity index (χ4v) is 3.32. The Morgan fingerprint density at radius 3 is 2.25 bits per heavy atom. The van der Waals surface area contributed by atoms with Crippen molar-refractivity contribution in [2.75, 3.05) is 0 Å². The third-order valence-electron chi connectivity index (χ3n) is 3.72. The van der Waals surface area contributed by atoms with E-state index in [0.29, 0.717) is 11.3 Å². The van der Waals surface area contributed by atoms with Crippen molar-refractivity contribution < 1.29 is 5.11 Å². The Hall–Kier alpha value is -0.0400. The van der Waals surface area contributed by atoms with Crippen LogP contribution in [0.15, 0.2) is 0 Å². The van der Waals surface area contributed by atoms with Crippen molar-refractivity contribution in [2.45, 2.75) is 78.7 Å².